The number of pyridine rings is 1. The number of aromatic nitrogens is 1. The quantitative estimate of drug-likeness (QED) is 0.943. The molecule has 2 aromatic rings. The Morgan fingerprint density at radius 3 is 2.84 bits per heavy atom. The number of nitrogens with zero attached hydrogens (tertiary/aromatic N) is 2. The molecule has 0 unspecified atom stereocenters. The Morgan fingerprint density at radius 2 is 2.16 bits per heavy atom. The molecule has 3 rings (SSSR count). The van der Waals surface area contributed by atoms with Crippen LogP contribution >= 0.6 is 22.9 Å². The second-order valence-electron chi connectivity index (χ2n) is 4.60. The molecule has 0 aromatic carbocycles. The lowest BCUT2D eigenvalue weighted by Gasteiger charge is -2.35. The second kappa shape index (κ2) is 6.01. The third kappa shape index (κ3) is 2.82. The summed E-state index contributed by atoms with van der Waals surface area (Å²) in [6.45, 7) is 4.15. The van der Waals surface area contributed by atoms with Crippen molar-refractivity contribution < 1.29 is 0 Å². The predicted octanol–water partition coefficient (Wildman–Crippen LogP) is 2.79. The molecule has 1 N–H and O–H groups in total. The lowest BCUT2D eigenvalue weighted by atomic mass is 10.0. The number of hydrogen-bond acceptors (Lipinski definition) is 4. The molecule has 0 spiro atoms. The van der Waals surface area contributed by atoms with E-state index >= 15 is 0 Å². The van der Waals surface area contributed by atoms with Crippen LogP contribution in [0.15, 0.2) is 36.0 Å². The second-order valence-corrected chi connectivity index (χ2v) is 5.99. The van der Waals surface area contributed by atoms with Crippen molar-refractivity contribution in [3.63, 3.8) is 0 Å². The summed E-state index contributed by atoms with van der Waals surface area (Å²) in [7, 11) is 0. The van der Waals surface area contributed by atoms with E-state index in [0.29, 0.717) is 0 Å². The fourth-order valence-electron chi connectivity index (χ4n) is 2.52. The van der Waals surface area contributed by atoms with E-state index in [-0.39, 0.29) is 6.04 Å². The van der Waals surface area contributed by atoms with Crippen LogP contribution in [0.1, 0.15) is 16.5 Å². The van der Waals surface area contributed by atoms with Gasteiger partial charge in [-0.25, -0.2) is 0 Å². The van der Waals surface area contributed by atoms with Gasteiger partial charge in [-0.1, -0.05) is 17.7 Å². The molecule has 1 atom stereocenters. The minimum atomic E-state index is 0.248. The summed E-state index contributed by atoms with van der Waals surface area (Å²) in [4.78, 5) is 7.93. The van der Waals surface area contributed by atoms with Gasteiger partial charge >= 0.3 is 0 Å². The average Bonchev–Trinajstić information content (AvgIpc) is 2.96. The summed E-state index contributed by atoms with van der Waals surface area (Å²) in [6.07, 6.45) is 3.56. The Kier molecular flexibility index (Phi) is 4.13. The van der Waals surface area contributed by atoms with Gasteiger partial charge in [0.1, 0.15) is 0 Å². The monoisotopic (exact) mass is 293 g/mol. The van der Waals surface area contributed by atoms with Crippen LogP contribution in [0, 0.1) is 0 Å². The van der Waals surface area contributed by atoms with E-state index in [9.17, 15) is 0 Å². The fraction of sp³-hybridized carbons (Fsp3) is 0.357. The molecule has 2 aromatic heterocycles. The summed E-state index contributed by atoms with van der Waals surface area (Å²) in [6, 6.07) is 6.57. The van der Waals surface area contributed by atoms with Gasteiger partial charge in [-0.3, -0.25) is 9.88 Å². The van der Waals surface area contributed by atoms with Gasteiger partial charge in [-0.05, 0) is 23.1 Å². The minimum Gasteiger partial charge on any atom is -0.314 e. The van der Waals surface area contributed by atoms with Crippen LogP contribution in [0.2, 0.25) is 5.02 Å². The van der Waals surface area contributed by atoms with Gasteiger partial charge in [-0.15, -0.1) is 11.3 Å². The molecule has 0 aliphatic carbocycles. The molecule has 0 amide bonds. The van der Waals surface area contributed by atoms with Crippen molar-refractivity contribution in [3.8, 4) is 0 Å². The van der Waals surface area contributed by atoms with E-state index in [1.54, 1.807) is 17.5 Å². The first-order valence-corrected chi connectivity index (χ1v) is 7.69. The van der Waals surface area contributed by atoms with Gasteiger partial charge < -0.3 is 5.32 Å². The van der Waals surface area contributed by atoms with Crippen LogP contribution in [-0.4, -0.2) is 36.1 Å². The Hall–Kier alpha value is -0.940. The molecule has 5 heteroatoms. The van der Waals surface area contributed by atoms with Crippen LogP contribution in [0.4, 0.5) is 0 Å². The van der Waals surface area contributed by atoms with Crippen LogP contribution in [0.25, 0.3) is 0 Å². The molecule has 0 saturated carbocycles. The zero-order valence-corrected chi connectivity index (χ0v) is 12.1. The summed E-state index contributed by atoms with van der Waals surface area (Å²) >= 11 is 8.14. The molecule has 3 nitrogen and oxygen atoms in total. The number of nitrogens with one attached hydrogen (secondary N) is 1. The summed E-state index contributed by atoms with van der Waals surface area (Å²) < 4.78 is 0. The summed E-state index contributed by atoms with van der Waals surface area (Å²) in [5, 5.41) is 6.27. The Bertz CT molecular complexity index is 523. The molecule has 1 aliphatic rings. The Labute approximate surface area is 122 Å². The Morgan fingerprint density at radius 1 is 1.32 bits per heavy atom. The molecule has 1 aliphatic heterocycles. The van der Waals surface area contributed by atoms with Gasteiger partial charge in [-0.2, -0.15) is 0 Å². The van der Waals surface area contributed by atoms with Crippen LogP contribution < -0.4 is 5.32 Å². The lowest BCUT2D eigenvalue weighted by molar-refractivity contribution is 0.200. The lowest BCUT2D eigenvalue weighted by Crippen LogP contribution is -2.45. The molecule has 100 valence electrons. The standard InChI is InChI=1S/C14H16ClN3S/c15-12-10-17-4-3-11(12)14(13-2-1-9-19-13)18-7-5-16-6-8-18/h1-4,9-10,14,16H,5-8H2/t14-/m1/s1. The number of piperazine rings is 1. The molecule has 1 fully saturated rings. The largest absolute Gasteiger partial charge is 0.314 e. The minimum absolute atomic E-state index is 0.248. The number of hydrogen-bond donors (Lipinski definition) is 1. The van der Waals surface area contributed by atoms with Crippen molar-refractivity contribution in [3.05, 3.63) is 51.4 Å². The van der Waals surface area contributed by atoms with Crippen LogP contribution in [-0.2, 0) is 0 Å². The Balaban J connectivity index is 1.99. The van der Waals surface area contributed by atoms with Crippen molar-refractivity contribution in [1.29, 1.82) is 0 Å². The van der Waals surface area contributed by atoms with Gasteiger partial charge in [0.2, 0.25) is 0 Å². The van der Waals surface area contributed by atoms with Crippen molar-refractivity contribution in [2.75, 3.05) is 26.2 Å². The van der Waals surface area contributed by atoms with Crippen LogP contribution in [0.5, 0.6) is 0 Å². The van der Waals surface area contributed by atoms with Crippen molar-refractivity contribution in [2.45, 2.75) is 6.04 Å². The third-order valence-corrected chi connectivity index (χ3v) is 4.67. The van der Waals surface area contributed by atoms with Gasteiger partial charge in [0, 0.05) is 43.4 Å². The number of halogens is 1. The zero-order chi connectivity index (χ0) is 13.1. The maximum absolute atomic E-state index is 6.35. The van der Waals surface area contributed by atoms with Gasteiger partial charge in [0.25, 0.3) is 0 Å². The molecular weight excluding hydrogens is 278 g/mol. The molecule has 0 bridgehead atoms. The highest BCUT2D eigenvalue weighted by atomic mass is 35.5. The van der Waals surface area contributed by atoms with E-state index < -0.39 is 0 Å². The first-order chi connectivity index (χ1) is 9.36. The summed E-state index contributed by atoms with van der Waals surface area (Å²) in [5.74, 6) is 0. The first kappa shape index (κ1) is 13.1. The average molecular weight is 294 g/mol. The maximum Gasteiger partial charge on any atom is 0.0712 e. The molecule has 3 heterocycles. The van der Waals surface area contributed by atoms with Gasteiger partial charge in [0.05, 0.1) is 11.1 Å². The first-order valence-electron chi connectivity index (χ1n) is 6.44. The SMILES string of the molecule is Clc1cnccc1[C@H](c1cccs1)N1CCNCC1. The van der Waals surface area contributed by atoms with Gasteiger partial charge in [0.15, 0.2) is 0 Å². The van der Waals surface area contributed by atoms with E-state index in [0.717, 1.165) is 36.8 Å². The molecule has 19 heavy (non-hydrogen) atoms. The predicted molar refractivity (Wildman–Crippen MR) is 79.9 cm³/mol. The maximum atomic E-state index is 6.35. The zero-order valence-electron chi connectivity index (χ0n) is 10.6. The fourth-order valence-corrected chi connectivity index (χ4v) is 3.62. The smallest absolute Gasteiger partial charge is 0.0712 e. The van der Waals surface area contributed by atoms with Crippen molar-refractivity contribution in [2.24, 2.45) is 0 Å². The van der Waals surface area contributed by atoms with Crippen molar-refractivity contribution in [1.82, 2.24) is 15.2 Å². The number of rotatable bonds is 3. The highest BCUT2D eigenvalue weighted by Gasteiger charge is 2.26. The van der Waals surface area contributed by atoms with E-state index in [1.807, 2.05) is 12.3 Å². The summed E-state index contributed by atoms with van der Waals surface area (Å²) in [5.41, 5.74) is 1.15. The normalized spacial score (nSPS) is 18.4. The van der Waals surface area contributed by atoms with E-state index in [2.05, 4.69) is 32.7 Å². The van der Waals surface area contributed by atoms with E-state index in [1.165, 1.54) is 4.88 Å². The topological polar surface area (TPSA) is 28.2 Å². The molecule has 0 radical (unpaired) electrons. The highest BCUT2D eigenvalue weighted by molar-refractivity contribution is 7.10. The van der Waals surface area contributed by atoms with Crippen molar-refractivity contribution >= 4 is 22.9 Å². The number of thiophene rings is 1. The van der Waals surface area contributed by atoms with Crippen LogP contribution in [0.3, 0.4) is 0 Å². The third-order valence-electron chi connectivity index (χ3n) is 3.43. The molecular formula is C14H16ClN3S. The molecule has 1 saturated heterocycles. The highest BCUT2D eigenvalue weighted by Crippen LogP contribution is 2.35. The van der Waals surface area contributed by atoms with E-state index in [4.69, 9.17) is 11.6 Å².